The van der Waals surface area contributed by atoms with Crippen LogP contribution in [0.1, 0.15) is 0 Å². The smallest absolute Gasteiger partial charge is 0.181 e. The minimum absolute atomic E-state index is 0.549. The van der Waals surface area contributed by atoms with Gasteiger partial charge in [-0.05, 0) is 59.2 Å². The van der Waals surface area contributed by atoms with E-state index in [1.54, 1.807) is 0 Å². The van der Waals surface area contributed by atoms with Crippen LogP contribution in [-0.2, 0) is 0 Å². The summed E-state index contributed by atoms with van der Waals surface area (Å²) >= 11 is 0. The Labute approximate surface area is 286 Å². The van der Waals surface area contributed by atoms with Crippen molar-refractivity contribution in [3.8, 4) is 56.3 Å². The van der Waals surface area contributed by atoms with Crippen molar-refractivity contribution < 1.29 is 8.83 Å². The summed E-state index contributed by atoms with van der Waals surface area (Å²) < 4.78 is 13.1. The van der Waals surface area contributed by atoms with Gasteiger partial charge < -0.3 is 8.83 Å². The molecule has 0 aliphatic rings. The van der Waals surface area contributed by atoms with E-state index in [2.05, 4.69) is 76.9 Å². The maximum Gasteiger partial charge on any atom is 0.181 e. The summed E-state index contributed by atoms with van der Waals surface area (Å²) in [6.45, 7) is 0. The van der Waals surface area contributed by atoms with Crippen molar-refractivity contribution in [1.29, 1.82) is 0 Å². The van der Waals surface area contributed by atoms with Crippen LogP contribution >= 0.6 is 0 Å². The molecule has 0 fully saturated rings. The number of aromatic nitrogens is 4. The van der Waals surface area contributed by atoms with Gasteiger partial charge in [0.05, 0.1) is 5.69 Å². The van der Waals surface area contributed by atoms with Gasteiger partial charge in [-0.3, -0.25) is 0 Å². The van der Waals surface area contributed by atoms with Crippen LogP contribution in [0.4, 0.5) is 0 Å². The molecule has 0 aliphatic heterocycles. The van der Waals surface area contributed by atoms with E-state index in [1.807, 2.05) is 91.0 Å². The second kappa shape index (κ2) is 11.4. The fraction of sp³-hybridized carbons (Fsp3) is 0. The fourth-order valence-corrected chi connectivity index (χ4v) is 6.85. The first kappa shape index (κ1) is 28.1. The number of hydrogen-bond acceptors (Lipinski definition) is 6. The number of para-hydroxylation sites is 1. The van der Waals surface area contributed by atoms with E-state index >= 15 is 0 Å². The molecule has 0 bridgehead atoms. The van der Waals surface area contributed by atoms with E-state index in [1.165, 1.54) is 0 Å². The second-order valence-electron chi connectivity index (χ2n) is 12.3. The lowest BCUT2D eigenvalue weighted by atomic mass is 9.95. The van der Waals surface area contributed by atoms with Crippen molar-refractivity contribution in [2.75, 3.05) is 0 Å². The van der Waals surface area contributed by atoms with Crippen LogP contribution in [0.2, 0.25) is 0 Å². The van der Waals surface area contributed by atoms with E-state index < -0.39 is 0 Å². The fourth-order valence-electron chi connectivity index (χ4n) is 6.85. The lowest BCUT2D eigenvalue weighted by molar-refractivity contribution is 0.667. The van der Waals surface area contributed by atoms with Crippen molar-refractivity contribution >= 4 is 44.0 Å². The van der Waals surface area contributed by atoms with Crippen molar-refractivity contribution in [2.24, 2.45) is 0 Å². The van der Waals surface area contributed by atoms with E-state index in [4.69, 9.17) is 18.8 Å². The minimum Gasteiger partial charge on any atom is -0.455 e. The summed E-state index contributed by atoms with van der Waals surface area (Å²) in [4.78, 5) is 10.4. The Kier molecular flexibility index (Phi) is 6.39. The largest absolute Gasteiger partial charge is 0.455 e. The van der Waals surface area contributed by atoms with Crippen LogP contribution in [0.3, 0.4) is 0 Å². The van der Waals surface area contributed by atoms with Gasteiger partial charge in [-0.15, -0.1) is 10.2 Å². The first-order valence-corrected chi connectivity index (χ1v) is 16.5. The van der Waals surface area contributed by atoms with Crippen molar-refractivity contribution in [1.82, 2.24) is 20.2 Å². The molecule has 4 aromatic heterocycles. The first-order chi connectivity index (χ1) is 24.8. The number of benzene rings is 6. The molecule has 10 aromatic rings. The first-order valence-electron chi connectivity index (χ1n) is 16.5. The van der Waals surface area contributed by atoms with Gasteiger partial charge >= 0.3 is 0 Å². The van der Waals surface area contributed by atoms with E-state index in [-0.39, 0.29) is 0 Å². The number of fused-ring (bicyclic) bond motifs is 6. The zero-order chi connectivity index (χ0) is 33.0. The van der Waals surface area contributed by atoms with E-state index in [0.29, 0.717) is 28.3 Å². The quantitative estimate of drug-likeness (QED) is 0.186. The predicted molar refractivity (Wildman–Crippen MR) is 199 cm³/mol. The number of furan rings is 2. The number of rotatable bonds is 5. The van der Waals surface area contributed by atoms with Gasteiger partial charge in [0, 0.05) is 32.8 Å². The predicted octanol–water partition coefficient (Wildman–Crippen LogP) is 11.4. The number of nitrogens with zero attached hydrogens (tertiary/aromatic N) is 4. The molecule has 0 saturated heterocycles. The summed E-state index contributed by atoms with van der Waals surface area (Å²) in [5, 5.41) is 12.1. The zero-order valence-corrected chi connectivity index (χ0v) is 26.6. The van der Waals surface area contributed by atoms with Crippen LogP contribution in [-0.4, -0.2) is 20.2 Å². The molecule has 6 heteroatoms. The van der Waals surface area contributed by atoms with Crippen molar-refractivity contribution in [3.05, 3.63) is 158 Å². The van der Waals surface area contributed by atoms with Crippen molar-refractivity contribution in [3.63, 3.8) is 0 Å². The van der Waals surface area contributed by atoms with E-state index in [9.17, 15) is 0 Å². The van der Waals surface area contributed by atoms with Gasteiger partial charge in [0.1, 0.15) is 33.7 Å². The topological polar surface area (TPSA) is 77.8 Å². The molecule has 4 heterocycles. The average Bonchev–Trinajstić information content (AvgIpc) is 3.77. The Morgan fingerprint density at radius 1 is 0.400 bits per heavy atom. The molecule has 0 radical (unpaired) electrons. The molecule has 6 nitrogen and oxygen atoms in total. The molecule has 0 spiro atoms. The van der Waals surface area contributed by atoms with Gasteiger partial charge in [0.15, 0.2) is 11.4 Å². The monoisotopic (exact) mass is 642 g/mol. The van der Waals surface area contributed by atoms with Crippen LogP contribution in [0.5, 0.6) is 0 Å². The van der Waals surface area contributed by atoms with E-state index in [0.717, 1.165) is 72.0 Å². The Balaban J connectivity index is 1.24. The Hall–Kier alpha value is -6.92. The number of hydrogen-bond donors (Lipinski definition) is 0. The highest BCUT2D eigenvalue weighted by Gasteiger charge is 2.23. The lowest BCUT2D eigenvalue weighted by Crippen LogP contribution is -1.97. The molecule has 50 heavy (non-hydrogen) atoms. The third-order valence-electron chi connectivity index (χ3n) is 9.23. The third-order valence-corrected chi connectivity index (χ3v) is 9.23. The van der Waals surface area contributed by atoms with Gasteiger partial charge in [0.25, 0.3) is 0 Å². The van der Waals surface area contributed by atoms with Gasteiger partial charge in [-0.2, -0.15) is 0 Å². The molecular formula is C44H26N4O2. The molecule has 234 valence electrons. The van der Waals surface area contributed by atoms with Gasteiger partial charge in [-0.1, -0.05) is 115 Å². The van der Waals surface area contributed by atoms with Crippen molar-refractivity contribution in [2.45, 2.75) is 0 Å². The molecule has 0 aliphatic carbocycles. The summed E-state index contributed by atoms with van der Waals surface area (Å²) in [6, 6.07) is 53.2. The highest BCUT2D eigenvalue weighted by molar-refractivity contribution is 6.17. The summed E-state index contributed by atoms with van der Waals surface area (Å²) in [6.07, 6.45) is 0. The molecular weight excluding hydrogens is 617 g/mol. The Bertz CT molecular complexity index is 2840. The highest BCUT2D eigenvalue weighted by atomic mass is 16.3. The van der Waals surface area contributed by atoms with Crippen LogP contribution in [0.15, 0.2) is 167 Å². The van der Waals surface area contributed by atoms with Gasteiger partial charge in [0.2, 0.25) is 0 Å². The maximum atomic E-state index is 6.71. The molecule has 0 N–H and O–H groups in total. The molecule has 10 rings (SSSR count). The molecule has 0 amide bonds. The SMILES string of the molecule is c1ccc(-c2cc(-c3ccccc3)c3oc4cccc(-c5nc(-c6ccc(-c7ccccc7)nn6)c6oc7ccccc7c6n5)c4c3c2)cc1. The summed E-state index contributed by atoms with van der Waals surface area (Å²) in [5.41, 5.74) is 11.7. The lowest BCUT2D eigenvalue weighted by Gasteiger charge is -2.09. The molecule has 0 unspecified atom stereocenters. The zero-order valence-electron chi connectivity index (χ0n) is 26.6. The van der Waals surface area contributed by atoms with Crippen LogP contribution in [0, 0.1) is 0 Å². The maximum absolute atomic E-state index is 6.71. The highest BCUT2D eigenvalue weighted by Crippen LogP contribution is 2.43. The van der Waals surface area contributed by atoms with Gasteiger partial charge in [-0.25, -0.2) is 9.97 Å². The molecule has 0 saturated carbocycles. The standard InChI is InChI=1S/C44H26N4O2/c1-4-13-27(14-5-1)30-25-33(28-15-6-2-7-16-28)42-34(26-30)39-32(20-12-22-38(39)50-42)44-45-40-31-19-10-11-21-37(31)49-43(40)41(46-44)36-24-23-35(47-48-36)29-17-8-3-9-18-29/h1-26H. The normalized spacial score (nSPS) is 11.6. The summed E-state index contributed by atoms with van der Waals surface area (Å²) in [7, 11) is 0. The molecule has 0 atom stereocenters. The molecule has 6 aromatic carbocycles. The third kappa shape index (κ3) is 4.58. The minimum atomic E-state index is 0.549. The average molecular weight is 643 g/mol. The second-order valence-corrected chi connectivity index (χ2v) is 12.3. The van der Waals surface area contributed by atoms with Crippen LogP contribution < -0.4 is 0 Å². The Morgan fingerprint density at radius 2 is 1.04 bits per heavy atom. The van der Waals surface area contributed by atoms with Crippen LogP contribution in [0.25, 0.3) is 100 Å². The summed E-state index contributed by atoms with van der Waals surface area (Å²) in [5.74, 6) is 0.549. The Morgan fingerprint density at radius 3 is 1.80 bits per heavy atom.